The van der Waals surface area contributed by atoms with Gasteiger partial charge in [0.05, 0.1) is 14.2 Å². The lowest BCUT2D eigenvalue weighted by atomic mass is 10.1. The Balaban J connectivity index is 2.62. The van der Waals surface area contributed by atoms with Crippen molar-refractivity contribution in [1.29, 1.82) is 0 Å². The fraction of sp³-hybridized carbons (Fsp3) is 0.357. The molecule has 1 aromatic rings. The van der Waals surface area contributed by atoms with Gasteiger partial charge in [0, 0.05) is 11.5 Å². The number of aryl methyl sites for hydroxylation is 1. The molecule has 0 saturated carbocycles. The Hall–Kier alpha value is -1.68. The number of para-hydroxylation sites is 1. The number of benzene rings is 1. The maximum Gasteiger partial charge on any atom is 0.306 e. The summed E-state index contributed by atoms with van der Waals surface area (Å²) in [4.78, 5) is 11.5. The van der Waals surface area contributed by atoms with Crippen LogP contribution in [0.2, 0.25) is 0 Å². The lowest BCUT2D eigenvalue weighted by Gasteiger charge is -2.12. The van der Waals surface area contributed by atoms with Gasteiger partial charge >= 0.3 is 5.97 Å². The van der Waals surface area contributed by atoms with Gasteiger partial charge < -0.3 is 14.2 Å². The lowest BCUT2D eigenvalue weighted by Crippen LogP contribution is -2.07. The van der Waals surface area contributed by atoms with Crippen molar-refractivity contribution in [3.63, 3.8) is 0 Å². The first-order valence-corrected chi connectivity index (χ1v) is 6.15. The zero-order valence-electron chi connectivity index (χ0n) is 11.1. The van der Waals surface area contributed by atoms with E-state index in [2.05, 4.69) is 6.58 Å². The van der Waals surface area contributed by atoms with Crippen LogP contribution in [-0.4, -0.2) is 26.8 Å². The lowest BCUT2D eigenvalue weighted by molar-refractivity contribution is -0.142. The van der Waals surface area contributed by atoms with Gasteiger partial charge in [-0.25, -0.2) is 0 Å². The van der Waals surface area contributed by atoms with E-state index in [1.54, 1.807) is 20.3 Å². The third kappa shape index (κ3) is 4.83. The van der Waals surface area contributed by atoms with E-state index in [0.717, 1.165) is 5.56 Å². The molecule has 1 aromatic carbocycles. The summed E-state index contributed by atoms with van der Waals surface area (Å²) in [6.45, 7) is 3.48. The average molecular weight is 285 g/mol. The molecule has 0 bridgehead atoms. The number of esters is 1. The van der Waals surface area contributed by atoms with Crippen molar-refractivity contribution in [1.82, 2.24) is 0 Å². The summed E-state index contributed by atoms with van der Waals surface area (Å²) in [6, 6.07) is 5.54. The Morgan fingerprint density at radius 2 is 2.05 bits per heavy atom. The van der Waals surface area contributed by atoms with Crippen molar-refractivity contribution in [2.45, 2.75) is 12.8 Å². The number of hydrogen-bond donors (Lipinski definition) is 0. The van der Waals surface area contributed by atoms with E-state index in [1.165, 1.54) is 0 Å². The predicted molar refractivity (Wildman–Crippen MR) is 73.8 cm³/mol. The first kappa shape index (κ1) is 15.4. The van der Waals surface area contributed by atoms with Gasteiger partial charge in [-0.05, 0) is 18.1 Å². The summed E-state index contributed by atoms with van der Waals surface area (Å²) in [6.07, 6.45) is 0.752. The highest BCUT2D eigenvalue weighted by molar-refractivity contribution is 6.29. The summed E-state index contributed by atoms with van der Waals surface area (Å²) in [7, 11) is 3.14. The maximum atomic E-state index is 11.5. The van der Waals surface area contributed by atoms with Crippen molar-refractivity contribution in [2.75, 3.05) is 20.8 Å². The number of halogens is 1. The highest BCUT2D eigenvalue weighted by Gasteiger charge is 2.11. The molecule has 0 aromatic heterocycles. The zero-order chi connectivity index (χ0) is 14.3. The van der Waals surface area contributed by atoms with Gasteiger partial charge in [-0.1, -0.05) is 30.3 Å². The zero-order valence-corrected chi connectivity index (χ0v) is 11.8. The van der Waals surface area contributed by atoms with Gasteiger partial charge in [-0.2, -0.15) is 0 Å². The molecule has 0 spiro atoms. The first-order chi connectivity index (χ1) is 9.08. The van der Waals surface area contributed by atoms with Crippen molar-refractivity contribution in [3.05, 3.63) is 35.4 Å². The number of ether oxygens (including phenoxy) is 3. The Morgan fingerprint density at radius 3 is 2.63 bits per heavy atom. The minimum Gasteiger partial charge on any atom is -0.493 e. The summed E-state index contributed by atoms with van der Waals surface area (Å²) in [5.41, 5.74) is 0.892. The second-order valence-corrected chi connectivity index (χ2v) is 4.37. The molecule has 0 N–H and O–H groups in total. The van der Waals surface area contributed by atoms with E-state index in [0.29, 0.717) is 23.0 Å². The molecule has 0 amide bonds. The van der Waals surface area contributed by atoms with E-state index in [-0.39, 0.29) is 19.0 Å². The molecule has 0 fully saturated rings. The summed E-state index contributed by atoms with van der Waals surface area (Å²) >= 11 is 5.52. The highest BCUT2D eigenvalue weighted by Crippen LogP contribution is 2.31. The van der Waals surface area contributed by atoms with Gasteiger partial charge in [0.15, 0.2) is 11.5 Å². The molecule has 0 aliphatic rings. The fourth-order valence-electron chi connectivity index (χ4n) is 1.62. The van der Waals surface area contributed by atoms with Crippen LogP contribution in [0.4, 0.5) is 0 Å². The number of rotatable bonds is 7. The third-order valence-electron chi connectivity index (χ3n) is 2.47. The predicted octanol–water partition coefficient (Wildman–Crippen LogP) is 2.93. The summed E-state index contributed by atoms with van der Waals surface area (Å²) in [5.74, 6) is 0.953. The van der Waals surface area contributed by atoms with Crippen molar-refractivity contribution < 1.29 is 19.0 Å². The Labute approximate surface area is 117 Å². The molecule has 19 heavy (non-hydrogen) atoms. The maximum absolute atomic E-state index is 11.5. The molecule has 0 aliphatic carbocycles. The van der Waals surface area contributed by atoms with E-state index >= 15 is 0 Å². The molecule has 0 saturated heterocycles. The number of carbonyl (C=O) groups excluding carboxylic acids is 1. The minimum absolute atomic E-state index is 0.0373. The van der Waals surface area contributed by atoms with Crippen molar-refractivity contribution in [2.24, 2.45) is 0 Å². The fourth-order valence-corrected chi connectivity index (χ4v) is 1.67. The topological polar surface area (TPSA) is 44.8 Å². The second-order valence-electron chi connectivity index (χ2n) is 3.83. The van der Waals surface area contributed by atoms with Crippen LogP contribution < -0.4 is 9.47 Å². The molecular formula is C14H17ClO4. The smallest absolute Gasteiger partial charge is 0.306 e. The van der Waals surface area contributed by atoms with Gasteiger partial charge in [-0.15, -0.1) is 0 Å². The second kappa shape index (κ2) is 7.69. The first-order valence-electron chi connectivity index (χ1n) is 5.77. The molecule has 0 aliphatic heterocycles. The van der Waals surface area contributed by atoms with Crippen LogP contribution in [0, 0.1) is 0 Å². The van der Waals surface area contributed by atoms with E-state index in [9.17, 15) is 4.79 Å². The molecule has 0 heterocycles. The average Bonchev–Trinajstić information content (AvgIpc) is 2.42. The van der Waals surface area contributed by atoms with Gasteiger partial charge in [0.25, 0.3) is 0 Å². The van der Waals surface area contributed by atoms with Gasteiger partial charge in [-0.3, -0.25) is 4.79 Å². The Morgan fingerprint density at radius 1 is 1.32 bits per heavy atom. The minimum atomic E-state index is -0.327. The molecule has 4 nitrogen and oxygen atoms in total. The van der Waals surface area contributed by atoms with Crippen molar-refractivity contribution in [3.8, 4) is 11.5 Å². The molecule has 1 rings (SSSR count). The van der Waals surface area contributed by atoms with E-state index in [4.69, 9.17) is 25.8 Å². The van der Waals surface area contributed by atoms with Crippen LogP contribution in [0.3, 0.4) is 0 Å². The largest absolute Gasteiger partial charge is 0.493 e. The number of methoxy groups -OCH3 is 2. The van der Waals surface area contributed by atoms with Crippen LogP contribution in [0.15, 0.2) is 29.8 Å². The standard InChI is InChI=1S/C14H17ClO4/c1-10(15)9-19-13(16)8-7-11-5-4-6-12(17-2)14(11)18-3/h4-6H,1,7-9H2,2-3H3. The quantitative estimate of drug-likeness (QED) is 0.722. The van der Waals surface area contributed by atoms with Crippen LogP contribution in [0.25, 0.3) is 0 Å². The Kier molecular flexibility index (Phi) is 6.22. The summed E-state index contributed by atoms with van der Waals surface area (Å²) < 4.78 is 15.4. The van der Waals surface area contributed by atoms with Crippen LogP contribution in [0.1, 0.15) is 12.0 Å². The van der Waals surface area contributed by atoms with Crippen molar-refractivity contribution >= 4 is 17.6 Å². The SMILES string of the molecule is C=C(Cl)COC(=O)CCc1cccc(OC)c1OC. The third-order valence-corrected chi connectivity index (χ3v) is 2.58. The molecule has 5 heteroatoms. The van der Waals surface area contributed by atoms with E-state index < -0.39 is 0 Å². The molecule has 0 atom stereocenters. The molecule has 0 radical (unpaired) electrons. The molecule has 104 valence electrons. The van der Waals surface area contributed by atoms with Gasteiger partial charge in [0.2, 0.25) is 0 Å². The Bertz CT molecular complexity index is 457. The van der Waals surface area contributed by atoms with E-state index in [1.807, 2.05) is 12.1 Å². The highest BCUT2D eigenvalue weighted by atomic mass is 35.5. The van der Waals surface area contributed by atoms with Crippen LogP contribution >= 0.6 is 11.6 Å². The molecule has 0 unspecified atom stereocenters. The van der Waals surface area contributed by atoms with Crippen LogP contribution in [0.5, 0.6) is 11.5 Å². The summed E-state index contributed by atoms with van der Waals surface area (Å²) in [5, 5.41) is 0.298. The number of carbonyl (C=O) groups is 1. The molecular weight excluding hydrogens is 268 g/mol. The van der Waals surface area contributed by atoms with Crippen LogP contribution in [-0.2, 0) is 16.0 Å². The normalized spacial score (nSPS) is 9.84. The van der Waals surface area contributed by atoms with Gasteiger partial charge in [0.1, 0.15) is 6.61 Å². The number of hydrogen-bond acceptors (Lipinski definition) is 4. The monoisotopic (exact) mass is 284 g/mol.